The van der Waals surface area contributed by atoms with Crippen LogP contribution in [0.25, 0.3) is 0 Å². The topological polar surface area (TPSA) is 12.0 Å². The molecule has 1 N–H and O–H groups in total. The molecule has 0 amide bonds. The van der Waals surface area contributed by atoms with Gasteiger partial charge in [0.15, 0.2) is 0 Å². The standard InChI is InChI=1S/C15H21N/c1-3-4-12-15(16-2)13-8-11-14-9-6-5-7-10-14/h5-7,9-10,15-16H,8,11-13H2,1-2H3. The Balaban J connectivity index is 2.25. The first-order chi connectivity index (χ1) is 7.86. The fraction of sp³-hybridized carbons (Fsp3) is 0.467. The number of aryl methyl sites for hydroxylation is 1. The van der Waals surface area contributed by atoms with Gasteiger partial charge in [0.1, 0.15) is 0 Å². The first-order valence-electron chi connectivity index (χ1n) is 5.97. The van der Waals surface area contributed by atoms with Crippen LogP contribution in [0.4, 0.5) is 0 Å². The van der Waals surface area contributed by atoms with Crippen LogP contribution < -0.4 is 5.32 Å². The zero-order valence-corrected chi connectivity index (χ0v) is 10.3. The lowest BCUT2D eigenvalue weighted by atomic mass is 10.0. The van der Waals surface area contributed by atoms with Crippen molar-refractivity contribution >= 4 is 0 Å². The molecule has 0 saturated heterocycles. The molecule has 1 atom stereocenters. The van der Waals surface area contributed by atoms with Gasteiger partial charge in [0.05, 0.1) is 0 Å². The normalized spacial score (nSPS) is 11.6. The zero-order valence-electron chi connectivity index (χ0n) is 10.3. The van der Waals surface area contributed by atoms with Crippen molar-refractivity contribution in [2.75, 3.05) is 7.05 Å². The van der Waals surface area contributed by atoms with E-state index in [-0.39, 0.29) is 0 Å². The Bertz CT molecular complexity index is 331. The molecule has 0 aliphatic carbocycles. The van der Waals surface area contributed by atoms with Gasteiger partial charge in [-0.1, -0.05) is 30.3 Å². The molecule has 86 valence electrons. The summed E-state index contributed by atoms with van der Waals surface area (Å²) in [4.78, 5) is 0. The lowest BCUT2D eigenvalue weighted by Crippen LogP contribution is -2.24. The van der Waals surface area contributed by atoms with Crippen LogP contribution in [0.15, 0.2) is 30.3 Å². The van der Waals surface area contributed by atoms with Gasteiger partial charge >= 0.3 is 0 Å². The van der Waals surface area contributed by atoms with E-state index in [2.05, 4.69) is 47.5 Å². The number of rotatable bonds is 6. The van der Waals surface area contributed by atoms with E-state index in [1.807, 2.05) is 14.0 Å². The first-order valence-corrected chi connectivity index (χ1v) is 5.97. The van der Waals surface area contributed by atoms with E-state index >= 15 is 0 Å². The summed E-state index contributed by atoms with van der Waals surface area (Å²) < 4.78 is 0. The Labute approximate surface area is 99.3 Å². The molecule has 0 saturated carbocycles. The van der Waals surface area contributed by atoms with E-state index in [4.69, 9.17) is 0 Å². The Kier molecular flexibility index (Phi) is 6.37. The van der Waals surface area contributed by atoms with Gasteiger partial charge in [-0.2, -0.15) is 0 Å². The monoisotopic (exact) mass is 215 g/mol. The molecule has 0 heterocycles. The van der Waals surface area contributed by atoms with Gasteiger partial charge in [-0.15, -0.1) is 11.8 Å². The van der Waals surface area contributed by atoms with Crippen LogP contribution in [0, 0.1) is 11.8 Å². The molecule has 0 aromatic heterocycles. The summed E-state index contributed by atoms with van der Waals surface area (Å²) in [5, 5.41) is 3.32. The van der Waals surface area contributed by atoms with E-state index in [0.717, 1.165) is 6.42 Å². The molecule has 1 aromatic rings. The zero-order chi connectivity index (χ0) is 11.6. The maximum absolute atomic E-state index is 3.32. The molecule has 0 bridgehead atoms. The van der Waals surface area contributed by atoms with Crippen LogP contribution in [0.5, 0.6) is 0 Å². The SMILES string of the molecule is CC#CCC(CCCc1ccccc1)NC. The summed E-state index contributed by atoms with van der Waals surface area (Å²) >= 11 is 0. The minimum absolute atomic E-state index is 0.538. The molecule has 0 aliphatic heterocycles. The fourth-order valence-electron chi connectivity index (χ4n) is 1.77. The van der Waals surface area contributed by atoms with Gasteiger partial charge < -0.3 is 5.32 Å². The summed E-state index contributed by atoms with van der Waals surface area (Å²) in [6, 6.07) is 11.2. The van der Waals surface area contributed by atoms with E-state index in [1.54, 1.807) is 0 Å². The minimum atomic E-state index is 0.538. The van der Waals surface area contributed by atoms with E-state index < -0.39 is 0 Å². The van der Waals surface area contributed by atoms with Gasteiger partial charge in [0.2, 0.25) is 0 Å². The first kappa shape index (κ1) is 12.8. The van der Waals surface area contributed by atoms with Crippen molar-refractivity contribution in [1.29, 1.82) is 0 Å². The maximum Gasteiger partial charge on any atom is 0.0243 e. The molecule has 1 aromatic carbocycles. The largest absolute Gasteiger partial charge is 0.316 e. The van der Waals surface area contributed by atoms with Crippen molar-refractivity contribution in [1.82, 2.24) is 5.32 Å². The third kappa shape index (κ3) is 5.00. The molecule has 0 aliphatic rings. The summed E-state index contributed by atoms with van der Waals surface area (Å²) in [5.74, 6) is 6.09. The molecule has 0 radical (unpaired) electrons. The highest BCUT2D eigenvalue weighted by atomic mass is 14.9. The van der Waals surface area contributed by atoms with E-state index in [0.29, 0.717) is 6.04 Å². The Morgan fingerprint density at radius 2 is 2.00 bits per heavy atom. The Hall–Kier alpha value is -1.26. The highest BCUT2D eigenvalue weighted by Gasteiger charge is 2.03. The van der Waals surface area contributed by atoms with Crippen molar-refractivity contribution < 1.29 is 0 Å². The molecular weight excluding hydrogens is 194 g/mol. The van der Waals surface area contributed by atoms with Crippen LogP contribution in [0.2, 0.25) is 0 Å². The van der Waals surface area contributed by atoms with Gasteiger partial charge in [-0.3, -0.25) is 0 Å². The molecule has 0 spiro atoms. The highest BCUT2D eigenvalue weighted by molar-refractivity contribution is 5.14. The van der Waals surface area contributed by atoms with Crippen molar-refractivity contribution in [3.05, 3.63) is 35.9 Å². The highest BCUT2D eigenvalue weighted by Crippen LogP contribution is 2.07. The number of hydrogen-bond donors (Lipinski definition) is 1. The second-order valence-electron chi connectivity index (χ2n) is 3.99. The number of benzene rings is 1. The second-order valence-corrected chi connectivity index (χ2v) is 3.99. The summed E-state index contributed by atoms with van der Waals surface area (Å²) in [6.45, 7) is 1.90. The van der Waals surface area contributed by atoms with Crippen LogP contribution >= 0.6 is 0 Å². The molecular formula is C15H21N. The Morgan fingerprint density at radius 1 is 1.25 bits per heavy atom. The molecule has 1 rings (SSSR count). The third-order valence-electron chi connectivity index (χ3n) is 2.79. The Morgan fingerprint density at radius 3 is 2.62 bits per heavy atom. The number of hydrogen-bond acceptors (Lipinski definition) is 1. The smallest absolute Gasteiger partial charge is 0.0243 e. The third-order valence-corrected chi connectivity index (χ3v) is 2.79. The molecule has 1 nitrogen and oxygen atoms in total. The van der Waals surface area contributed by atoms with Crippen LogP contribution in [0.3, 0.4) is 0 Å². The molecule has 0 fully saturated rings. The summed E-state index contributed by atoms with van der Waals surface area (Å²) in [6.07, 6.45) is 4.54. The molecule has 1 unspecified atom stereocenters. The van der Waals surface area contributed by atoms with Crippen molar-refractivity contribution in [2.24, 2.45) is 0 Å². The van der Waals surface area contributed by atoms with E-state index in [9.17, 15) is 0 Å². The van der Waals surface area contributed by atoms with Gasteiger partial charge in [0, 0.05) is 12.5 Å². The summed E-state index contributed by atoms with van der Waals surface area (Å²) in [7, 11) is 2.02. The average molecular weight is 215 g/mol. The second kappa shape index (κ2) is 7.96. The predicted octanol–water partition coefficient (Wildman–Crippen LogP) is 3.01. The molecule has 1 heteroatoms. The van der Waals surface area contributed by atoms with Crippen molar-refractivity contribution in [2.45, 2.75) is 38.6 Å². The quantitative estimate of drug-likeness (QED) is 0.719. The predicted molar refractivity (Wildman–Crippen MR) is 70.3 cm³/mol. The average Bonchev–Trinajstić information content (AvgIpc) is 2.35. The van der Waals surface area contributed by atoms with E-state index in [1.165, 1.54) is 24.8 Å². The lowest BCUT2D eigenvalue weighted by molar-refractivity contribution is 0.514. The fourth-order valence-corrected chi connectivity index (χ4v) is 1.77. The minimum Gasteiger partial charge on any atom is -0.316 e. The maximum atomic E-state index is 3.32. The van der Waals surface area contributed by atoms with Gasteiger partial charge in [0.25, 0.3) is 0 Å². The van der Waals surface area contributed by atoms with Crippen LogP contribution in [-0.4, -0.2) is 13.1 Å². The van der Waals surface area contributed by atoms with Gasteiger partial charge in [-0.25, -0.2) is 0 Å². The van der Waals surface area contributed by atoms with Crippen LogP contribution in [-0.2, 0) is 6.42 Å². The number of nitrogens with one attached hydrogen (secondary N) is 1. The van der Waals surface area contributed by atoms with Crippen molar-refractivity contribution in [3.63, 3.8) is 0 Å². The lowest BCUT2D eigenvalue weighted by Gasteiger charge is -2.12. The van der Waals surface area contributed by atoms with Crippen LogP contribution in [0.1, 0.15) is 31.7 Å². The summed E-state index contributed by atoms with van der Waals surface area (Å²) in [5.41, 5.74) is 1.43. The van der Waals surface area contributed by atoms with Gasteiger partial charge in [-0.05, 0) is 38.8 Å². The van der Waals surface area contributed by atoms with Crippen molar-refractivity contribution in [3.8, 4) is 11.8 Å². The molecule has 16 heavy (non-hydrogen) atoms.